The van der Waals surface area contributed by atoms with Crippen LogP contribution in [0, 0.1) is 0 Å². The highest BCUT2D eigenvalue weighted by molar-refractivity contribution is 6.35. The van der Waals surface area contributed by atoms with Gasteiger partial charge in [-0.2, -0.15) is 0 Å². The number of rotatable bonds is 9. The molecule has 4 heteroatoms. The van der Waals surface area contributed by atoms with E-state index >= 15 is 0 Å². The molecule has 2 nitrogen and oxygen atoms in total. The van der Waals surface area contributed by atoms with Crippen molar-refractivity contribution < 1.29 is 4.42 Å². The molecule has 0 aliphatic rings. The topological polar surface area (TPSA) is 25.2 Å². The Morgan fingerprint density at radius 3 is 2.41 bits per heavy atom. The van der Waals surface area contributed by atoms with Crippen molar-refractivity contribution in [3.05, 3.63) is 46.1 Å². The van der Waals surface area contributed by atoms with Crippen LogP contribution in [0.4, 0.5) is 0 Å². The molecule has 1 heterocycles. The van der Waals surface area contributed by atoms with Gasteiger partial charge in [-0.15, -0.1) is 0 Å². The van der Waals surface area contributed by atoms with E-state index in [1.807, 2.05) is 24.3 Å². The lowest BCUT2D eigenvalue weighted by molar-refractivity contribution is 0.486. The first-order valence-corrected chi connectivity index (χ1v) is 8.70. The van der Waals surface area contributed by atoms with Crippen LogP contribution in [-0.2, 0) is 6.54 Å². The van der Waals surface area contributed by atoms with Crippen LogP contribution >= 0.6 is 23.2 Å². The monoisotopic (exact) mass is 339 g/mol. The van der Waals surface area contributed by atoms with Gasteiger partial charge in [-0.25, -0.2) is 0 Å². The number of hydrogen-bond acceptors (Lipinski definition) is 2. The second kappa shape index (κ2) is 9.24. The lowest BCUT2D eigenvalue weighted by Gasteiger charge is -2.03. The van der Waals surface area contributed by atoms with Gasteiger partial charge in [0.25, 0.3) is 0 Å². The van der Waals surface area contributed by atoms with E-state index in [1.165, 1.54) is 32.1 Å². The number of hydrogen-bond donors (Lipinski definition) is 1. The van der Waals surface area contributed by atoms with Gasteiger partial charge in [0.2, 0.25) is 0 Å². The first-order chi connectivity index (χ1) is 10.7. The third-order valence-corrected chi connectivity index (χ3v) is 4.00. The molecule has 0 spiro atoms. The standard InChI is InChI=1S/C18H23Cl2NO/c1-2-3-4-5-6-9-21-13-17-7-8-18(22-17)14-10-15(19)12-16(20)11-14/h7-8,10-12,21H,2-6,9,13H2,1H3. The fraction of sp³-hybridized carbons (Fsp3) is 0.444. The molecule has 2 rings (SSSR count). The lowest BCUT2D eigenvalue weighted by atomic mass is 10.1. The van der Waals surface area contributed by atoms with Gasteiger partial charge in [-0.3, -0.25) is 0 Å². The molecule has 0 aliphatic carbocycles. The summed E-state index contributed by atoms with van der Waals surface area (Å²) in [6, 6.07) is 9.39. The van der Waals surface area contributed by atoms with Crippen molar-refractivity contribution in [2.24, 2.45) is 0 Å². The molecule has 120 valence electrons. The molecular weight excluding hydrogens is 317 g/mol. The molecule has 22 heavy (non-hydrogen) atoms. The Bertz CT molecular complexity index is 560. The van der Waals surface area contributed by atoms with E-state index in [0.717, 1.165) is 30.2 Å². The zero-order valence-corrected chi connectivity index (χ0v) is 14.5. The highest BCUT2D eigenvalue weighted by Gasteiger charge is 2.06. The highest BCUT2D eigenvalue weighted by atomic mass is 35.5. The summed E-state index contributed by atoms with van der Waals surface area (Å²) in [5.74, 6) is 1.73. The van der Waals surface area contributed by atoms with Gasteiger partial charge >= 0.3 is 0 Å². The SMILES string of the molecule is CCCCCCCNCc1ccc(-c2cc(Cl)cc(Cl)c2)o1. The van der Waals surface area contributed by atoms with Crippen LogP contribution in [0.15, 0.2) is 34.7 Å². The number of halogens is 2. The minimum absolute atomic E-state index is 0.616. The molecule has 0 saturated heterocycles. The molecule has 1 N–H and O–H groups in total. The molecule has 1 aromatic heterocycles. The molecule has 1 aromatic carbocycles. The first-order valence-electron chi connectivity index (χ1n) is 7.95. The molecule has 0 atom stereocenters. The summed E-state index contributed by atoms with van der Waals surface area (Å²) in [6.45, 7) is 4.02. The third-order valence-electron chi connectivity index (χ3n) is 3.57. The summed E-state index contributed by atoms with van der Waals surface area (Å²) >= 11 is 12.0. The molecule has 0 aliphatic heterocycles. The maximum atomic E-state index is 6.02. The molecule has 0 radical (unpaired) electrons. The van der Waals surface area contributed by atoms with Gasteiger partial charge in [-0.05, 0) is 43.3 Å². The van der Waals surface area contributed by atoms with Crippen LogP contribution in [0.3, 0.4) is 0 Å². The summed E-state index contributed by atoms with van der Waals surface area (Å²) in [4.78, 5) is 0. The molecular formula is C18H23Cl2NO. The molecule has 0 bridgehead atoms. The predicted molar refractivity (Wildman–Crippen MR) is 94.6 cm³/mol. The normalized spacial score (nSPS) is 11.0. The van der Waals surface area contributed by atoms with Crippen molar-refractivity contribution in [1.82, 2.24) is 5.32 Å². The fourth-order valence-electron chi connectivity index (χ4n) is 2.39. The van der Waals surface area contributed by atoms with Crippen LogP contribution in [0.25, 0.3) is 11.3 Å². The zero-order valence-electron chi connectivity index (χ0n) is 13.0. The Balaban J connectivity index is 1.79. The number of furan rings is 1. The largest absolute Gasteiger partial charge is 0.460 e. The van der Waals surface area contributed by atoms with Crippen LogP contribution < -0.4 is 5.32 Å². The van der Waals surface area contributed by atoms with Crippen LogP contribution in [0.5, 0.6) is 0 Å². The predicted octanol–water partition coefficient (Wildman–Crippen LogP) is 6.31. The summed E-state index contributed by atoms with van der Waals surface area (Å²) in [7, 11) is 0. The van der Waals surface area contributed by atoms with Crippen molar-refractivity contribution >= 4 is 23.2 Å². The summed E-state index contributed by atoms with van der Waals surface area (Å²) in [5, 5.41) is 4.65. The average molecular weight is 340 g/mol. The van der Waals surface area contributed by atoms with Crippen molar-refractivity contribution in [3.8, 4) is 11.3 Å². The van der Waals surface area contributed by atoms with E-state index in [0.29, 0.717) is 10.0 Å². The first kappa shape index (κ1) is 17.4. The Labute approximate surface area is 142 Å². The molecule has 0 unspecified atom stereocenters. The maximum absolute atomic E-state index is 6.02. The van der Waals surface area contributed by atoms with Crippen LogP contribution in [-0.4, -0.2) is 6.54 Å². The Kier molecular flexibility index (Phi) is 7.31. The van der Waals surface area contributed by atoms with Gasteiger partial charge in [-0.1, -0.05) is 55.8 Å². The molecule has 0 amide bonds. The van der Waals surface area contributed by atoms with E-state index in [1.54, 1.807) is 6.07 Å². The maximum Gasteiger partial charge on any atom is 0.134 e. The smallest absolute Gasteiger partial charge is 0.134 e. The minimum Gasteiger partial charge on any atom is -0.460 e. The number of nitrogens with one attached hydrogen (secondary N) is 1. The van der Waals surface area contributed by atoms with Gasteiger partial charge in [0.05, 0.1) is 6.54 Å². The van der Waals surface area contributed by atoms with E-state index < -0.39 is 0 Å². The van der Waals surface area contributed by atoms with Gasteiger partial charge < -0.3 is 9.73 Å². The van der Waals surface area contributed by atoms with E-state index in [4.69, 9.17) is 27.6 Å². The summed E-state index contributed by atoms with van der Waals surface area (Å²) < 4.78 is 5.85. The number of unbranched alkanes of at least 4 members (excludes halogenated alkanes) is 4. The second-order valence-corrected chi connectivity index (χ2v) is 6.39. The van der Waals surface area contributed by atoms with Crippen molar-refractivity contribution in [2.45, 2.75) is 45.6 Å². The van der Waals surface area contributed by atoms with E-state index in [2.05, 4.69) is 12.2 Å². The van der Waals surface area contributed by atoms with E-state index in [-0.39, 0.29) is 0 Å². The average Bonchev–Trinajstić information content (AvgIpc) is 2.94. The second-order valence-electron chi connectivity index (χ2n) is 5.52. The Hall–Kier alpha value is -0.960. The van der Waals surface area contributed by atoms with Crippen molar-refractivity contribution in [3.63, 3.8) is 0 Å². The van der Waals surface area contributed by atoms with Crippen molar-refractivity contribution in [2.75, 3.05) is 6.54 Å². The highest BCUT2D eigenvalue weighted by Crippen LogP contribution is 2.28. The van der Waals surface area contributed by atoms with Gasteiger partial charge in [0.15, 0.2) is 0 Å². The molecule has 2 aromatic rings. The molecule has 0 saturated carbocycles. The minimum atomic E-state index is 0.616. The number of benzene rings is 1. The van der Waals surface area contributed by atoms with Crippen LogP contribution in [0.1, 0.15) is 44.8 Å². The third kappa shape index (κ3) is 5.68. The fourth-order valence-corrected chi connectivity index (χ4v) is 2.92. The van der Waals surface area contributed by atoms with Crippen molar-refractivity contribution in [1.29, 1.82) is 0 Å². The van der Waals surface area contributed by atoms with Gasteiger partial charge in [0.1, 0.15) is 11.5 Å². The van der Waals surface area contributed by atoms with Gasteiger partial charge in [0, 0.05) is 15.6 Å². The molecule has 0 fully saturated rings. The Morgan fingerprint density at radius 1 is 0.955 bits per heavy atom. The van der Waals surface area contributed by atoms with Crippen LogP contribution in [0.2, 0.25) is 10.0 Å². The zero-order chi connectivity index (χ0) is 15.8. The lowest BCUT2D eigenvalue weighted by Crippen LogP contribution is -2.14. The summed E-state index contributed by atoms with van der Waals surface area (Å²) in [5.41, 5.74) is 0.906. The quantitative estimate of drug-likeness (QED) is 0.541. The van der Waals surface area contributed by atoms with E-state index in [9.17, 15) is 0 Å². The summed E-state index contributed by atoms with van der Waals surface area (Å²) in [6.07, 6.45) is 6.47. The Morgan fingerprint density at radius 2 is 1.68 bits per heavy atom.